The van der Waals surface area contributed by atoms with Crippen LogP contribution in [0, 0.1) is 10.1 Å². The van der Waals surface area contributed by atoms with Gasteiger partial charge in [-0.2, -0.15) is 0 Å². The summed E-state index contributed by atoms with van der Waals surface area (Å²) in [6, 6.07) is 0.294. The number of hydrogen-bond acceptors (Lipinski definition) is 7. The summed E-state index contributed by atoms with van der Waals surface area (Å²) >= 11 is 0.987. The van der Waals surface area contributed by atoms with Crippen LogP contribution >= 0.6 is 11.3 Å². The second-order valence-corrected chi connectivity index (χ2v) is 4.13. The van der Waals surface area contributed by atoms with Crippen LogP contribution in [0.25, 0.3) is 0 Å². The molecule has 2 N–H and O–H groups in total. The summed E-state index contributed by atoms with van der Waals surface area (Å²) in [4.78, 5) is 18.0. The Morgan fingerprint density at radius 1 is 1.80 bits per heavy atom. The van der Waals surface area contributed by atoms with Crippen LogP contribution < -0.4 is 10.6 Å². The molecular formula is C7H9N5O2S. The normalized spacial score (nSPS) is 19.5. The number of aliphatic imine (C=N–C) groups is 1. The highest BCUT2D eigenvalue weighted by Crippen LogP contribution is 2.24. The number of anilines is 1. The minimum Gasteiger partial charge on any atom is -0.352 e. The quantitative estimate of drug-likeness (QED) is 0.576. The molecule has 0 saturated carbocycles. The zero-order valence-electron chi connectivity index (χ0n) is 7.93. The molecular weight excluding hydrogens is 218 g/mol. The summed E-state index contributed by atoms with van der Waals surface area (Å²) in [6.45, 7) is 2.71. The molecule has 0 amide bonds. The highest BCUT2D eigenvalue weighted by atomic mass is 32.1. The Kier molecular flexibility index (Phi) is 2.50. The molecule has 0 bridgehead atoms. The van der Waals surface area contributed by atoms with Crippen molar-refractivity contribution in [1.82, 2.24) is 10.3 Å². The number of rotatable bonds is 2. The summed E-state index contributed by atoms with van der Waals surface area (Å²) in [5.74, 6) is 0.617. The molecule has 15 heavy (non-hydrogen) atoms. The molecule has 8 heteroatoms. The summed E-state index contributed by atoms with van der Waals surface area (Å²) in [5, 5.41) is 16.9. The van der Waals surface area contributed by atoms with Crippen molar-refractivity contribution in [2.24, 2.45) is 4.99 Å². The van der Waals surface area contributed by atoms with Crippen molar-refractivity contribution < 1.29 is 4.92 Å². The molecule has 0 spiro atoms. The largest absolute Gasteiger partial charge is 0.352 e. The predicted molar refractivity (Wildman–Crippen MR) is 57.3 cm³/mol. The molecule has 0 aliphatic carbocycles. The van der Waals surface area contributed by atoms with E-state index in [4.69, 9.17) is 0 Å². The Bertz CT molecular complexity index is 415. The van der Waals surface area contributed by atoms with Gasteiger partial charge in [0.25, 0.3) is 0 Å². The zero-order valence-corrected chi connectivity index (χ0v) is 8.74. The van der Waals surface area contributed by atoms with Gasteiger partial charge in [-0.05, 0) is 18.3 Å². The lowest BCUT2D eigenvalue weighted by atomic mass is 10.4. The Morgan fingerprint density at radius 2 is 2.60 bits per heavy atom. The van der Waals surface area contributed by atoms with Crippen LogP contribution in [0.3, 0.4) is 0 Å². The van der Waals surface area contributed by atoms with Gasteiger partial charge in [0.1, 0.15) is 6.20 Å². The third kappa shape index (κ3) is 2.21. The number of nitrogens with one attached hydrogen (secondary N) is 2. The van der Waals surface area contributed by atoms with Gasteiger partial charge in [0.15, 0.2) is 11.1 Å². The van der Waals surface area contributed by atoms with E-state index < -0.39 is 4.92 Å². The summed E-state index contributed by atoms with van der Waals surface area (Å²) in [7, 11) is 0. The Hall–Kier alpha value is -1.70. The van der Waals surface area contributed by atoms with E-state index in [2.05, 4.69) is 20.6 Å². The third-order valence-corrected chi connectivity index (χ3v) is 2.67. The van der Waals surface area contributed by atoms with Crippen LogP contribution in [0.4, 0.5) is 10.1 Å². The minimum atomic E-state index is -0.463. The van der Waals surface area contributed by atoms with E-state index >= 15 is 0 Å². The number of aromatic nitrogens is 1. The van der Waals surface area contributed by atoms with Gasteiger partial charge < -0.3 is 10.6 Å². The molecule has 1 aliphatic heterocycles. The monoisotopic (exact) mass is 227 g/mol. The van der Waals surface area contributed by atoms with E-state index in [-0.39, 0.29) is 5.00 Å². The number of thiazole rings is 1. The van der Waals surface area contributed by atoms with E-state index in [0.29, 0.717) is 23.7 Å². The lowest BCUT2D eigenvalue weighted by Crippen LogP contribution is -2.32. The van der Waals surface area contributed by atoms with Gasteiger partial charge in [-0.3, -0.25) is 15.1 Å². The highest BCUT2D eigenvalue weighted by Gasteiger charge is 2.16. The maximum absolute atomic E-state index is 10.4. The standard InChI is InChI=1S/C7H9N5O2S/c1-4-2-8-6(10-4)11-7-9-3-5(15-7)12(13)14/h3-4H,2H2,1H3,(H2,8,9,10,11). The smallest absolute Gasteiger partial charge is 0.345 e. The SMILES string of the molecule is CC1CN=C(Nc2ncc([N+](=O)[O-])s2)N1. The molecule has 1 unspecified atom stereocenters. The van der Waals surface area contributed by atoms with Gasteiger partial charge in [-0.15, -0.1) is 0 Å². The molecule has 2 rings (SSSR count). The van der Waals surface area contributed by atoms with Crippen molar-refractivity contribution in [1.29, 1.82) is 0 Å². The van der Waals surface area contributed by atoms with E-state index in [0.717, 1.165) is 11.3 Å². The zero-order chi connectivity index (χ0) is 10.8. The van der Waals surface area contributed by atoms with Gasteiger partial charge in [0.05, 0.1) is 11.5 Å². The van der Waals surface area contributed by atoms with Crippen molar-refractivity contribution in [2.75, 3.05) is 11.9 Å². The van der Waals surface area contributed by atoms with Crippen LogP contribution in [-0.4, -0.2) is 28.5 Å². The maximum Gasteiger partial charge on any atom is 0.345 e. The molecule has 0 radical (unpaired) electrons. The molecule has 1 aromatic heterocycles. The predicted octanol–water partition coefficient (Wildman–Crippen LogP) is 0.811. The van der Waals surface area contributed by atoms with Gasteiger partial charge in [0, 0.05) is 6.04 Å². The Balaban J connectivity index is 2.02. The number of hydrogen-bond donors (Lipinski definition) is 2. The second kappa shape index (κ2) is 3.81. The van der Waals surface area contributed by atoms with E-state index in [9.17, 15) is 10.1 Å². The first-order valence-corrected chi connectivity index (χ1v) is 5.15. The lowest BCUT2D eigenvalue weighted by molar-refractivity contribution is -0.380. The Labute approximate surface area is 89.4 Å². The molecule has 7 nitrogen and oxygen atoms in total. The molecule has 0 saturated heterocycles. The Morgan fingerprint density at radius 3 is 3.13 bits per heavy atom. The van der Waals surface area contributed by atoms with Gasteiger partial charge in [0.2, 0.25) is 0 Å². The number of nitro groups is 1. The minimum absolute atomic E-state index is 0.0177. The van der Waals surface area contributed by atoms with E-state index in [1.807, 2.05) is 6.92 Å². The third-order valence-electron chi connectivity index (χ3n) is 1.81. The number of guanidine groups is 1. The summed E-state index contributed by atoms with van der Waals surface area (Å²) in [5.41, 5.74) is 0. The van der Waals surface area contributed by atoms with E-state index in [1.54, 1.807) is 0 Å². The van der Waals surface area contributed by atoms with E-state index in [1.165, 1.54) is 6.20 Å². The van der Waals surface area contributed by atoms with Crippen LogP contribution in [0.2, 0.25) is 0 Å². The van der Waals surface area contributed by atoms with Crippen LogP contribution in [-0.2, 0) is 0 Å². The summed E-state index contributed by atoms with van der Waals surface area (Å²) < 4.78 is 0. The van der Waals surface area contributed by atoms with Crippen molar-refractivity contribution in [3.05, 3.63) is 16.3 Å². The molecule has 80 valence electrons. The fourth-order valence-corrected chi connectivity index (χ4v) is 1.77. The topological polar surface area (TPSA) is 92.5 Å². The molecule has 0 aromatic carbocycles. The maximum atomic E-state index is 10.4. The van der Waals surface area contributed by atoms with Crippen molar-refractivity contribution in [2.45, 2.75) is 13.0 Å². The van der Waals surface area contributed by atoms with Crippen LogP contribution in [0.15, 0.2) is 11.2 Å². The number of nitrogens with zero attached hydrogens (tertiary/aromatic N) is 3. The van der Waals surface area contributed by atoms with Crippen molar-refractivity contribution in [3.63, 3.8) is 0 Å². The van der Waals surface area contributed by atoms with Gasteiger partial charge >= 0.3 is 5.00 Å². The first-order chi connectivity index (χ1) is 7.15. The molecule has 0 fully saturated rings. The van der Waals surface area contributed by atoms with Crippen molar-refractivity contribution in [3.8, 4) is 0 Å². The van der Waals surface area contributed by atoms with Crippen molar-refractivity contribution >= 4 is 27.4 Å². The van der Waals surface area contributed by atoms with Crippen LogP contribution in [0.1, 0.15) is 6.92 Å². The summed E-state index contributed by atoms with van der Waals surface area (Å²) in [6.07, 6.45) is 1.23. The molecule has 1 aliphatic rings. The fraction of sp³-hybridized carbons (Fsp3) is 0.429. The molecule has 1 aromatic rings. The lowest BCUT2D eigenvalue weighted by Gasteiger charge is -2.04. The van der Waals surface area contributed by atoms with Gasteiger partial charge in [-0.25, -0.2) is 4.98 Å². The average molecular weight is 227 g/mol. The fourth-order valence-electron chi connectivity index (χ4n) is 1.14. The van der Waals surface area contributed by atoms with Gasteiger partial charge in [-0.1, -0.05) is 0 Å². The van der Waals surface area contributed by atoms with Crippen LogP contribution in [0.5, 0.6) is 0 Å². The highest BCUT2D eigenvalue weighted by molar-refractivity contribution is 7.18. The average Bonchev–Trinajstić information content (AvgIpc) is 2.76. The molecule has 2 heterocycles. The first-order valence-electron chi connectivity index (χ1n) is 4.33. The molecule has 1 atom stereocenters. The second-order valence-electron chi connectivity index (χ2n) is 3.12. The first kappa shape index (κ1) is 9.84.